The highest BCUT2D eigenvalue weighted by molar-refractivity contribution is 8.00. The monoisotopic (exact) mass is 275 g/mol. The van der Waals surface area contributed by atoms with Crippen LogP contribution in [0.2, 0.25) is 0 Å². The summed E-state index contributed by atoms with van der Waals surface area (Å²) in [4.78, 5) is -0.281. The normalized spacial score (nSPS) is 18.0. The van der Waals surface area contributed by atoms with E-state index in [2.05, 4.69) is 4.72 Å². The Hall–Kier alpha value is -0.590. The third kappa shape index (κ3) is 2.81. The first kappa shape index (κ1) is 12.9. The molecule has 1 fully saturated rings. The van der Waals surface area contributed by atoms with Crippen molar-refractivity contribution < 1.29 is 12.8 Å². The zero-order valence-electron chi connectivity index (χ0n) is 9.44. The van der Waals surface area contributed by atoms with E-state index in [1.165, 1.54) is 18.2 Å². The minimum absolute atomic E-state index is 0.0261. The van der Waals surface area contributed by atoms with Crippen molar-refractivity contribution >= 4 is 21.8 Å². The summed E-state index contributed by atoms with van der Waals surface area (Å²) >= 11 is 1.66. The van der Waals surface area contributed by atoms with Crippen LogP contribution in [-0.2, 0) is 10.0 Å². The predicted octanol–water partition coefficient (Wildman–Crippen LogP) is 2.00. The Morgan fingerprint density at radius 3 is 2.59 bits per heavy atom. The number of benzene rings is 1. The van der Waals surface area contributed by atoms with Gasteiger partial charge in [-0.25, -0.2) is 17.5 Å². The smallest absolute Gasteiger partial charge is 0.210 e. The Labute approximate surface area is 105 Å². The second kappa shape index (κ2) is 4.59. The molecule has 1 aromatic carbocycles. The van der Waals surface area contributed by atoms with Crippen LogP contribution in [0.25, 0.3) is 0 Å². The number of hydrogen-bond acceptors (Lipinski definition) is 3. The Morgan fingerprint density at radius 2 is 2.06 bits per heavy atom. The van der Waals surface area contributed by atoms with E-state index >= 15 is 0 Å². The van der Waals surface area contributed by atoms with Crippen molar-refractivity contribution in [1.29, 1.82) is 0 Å². The zero-order chi connectivity index (χ0) is 12.5. The summed E-state index contributed by atoms with van der Waals surface area (Å²) in [7, 11) is -3.73. The van der Waals surface area contributed by atoms with E-state index in [4.69, 9.17) is 0 Å². The van der Waals surface area contributed by atoms with Gasteiger partial charge in [-0.05, 0) is 31.2 Å². The van der Waals surface area contributed by atoms with Gasteiger partial charge in [0.1, 0.15) is 10.7 Å². The molecule has 0 atom stereocenters. The molecule has 1 aliphatic carbocycles. The molecule has 2 rings (SSSR count). The number of rotatable bonds is 5. The molecule has 0 amide bonds. The van der Waals surface area contributed by atoms with Crippen LogP contribution in [0.1, 0.15) is 12.8 Å². The number of hydrogen-bond donors (Lipinski definition) is 1. The first-order valence-corrected chi connectivity index (χ1v) is 7.99. The highest BCUT2D eigenvalue weighted by atomic mass is 32.2. The van der Waals surface area contributed by atoms with Crippen LogP contribution < -0.4 is 4.72 Å². The molecule has 0 radical (unpaired) electrons. The van der Waals surface area contributed by atoms with E-state index in [0.29, 0.717) is 6.54 Å². The van der Waals surface area contributed by atoms with Gasteiger partial charge in [0.15, 0.2) is 0 Å². The van der Waals surface area contributed by atoms with E-state index in [-0.39, 0.29) is 9.64 Å². The molecular formula is C11H14FNO2S2. The molecule has 0 aromatic heterocycles. The second-order valence-corrected chi connectivity index (χ2v) is 7.15. The molecule has 0 spiro atoms. The number of nitrogens with one attached hydrogen (secondary N) is 1. The van der Waals surface area contributed by atoms with E-state index < -0.39 is 15.8 Å². The van der Waals surface area contributed by atoms with Crippen molar-refractivity contribution in [3.8, 4) is 0 Å². The van der Waals surface area contributed by atoms with E-state index in [1.807, 2.05) is 6.26 Å². The lowest BCUT2D eigenvalue weighted by Gasteiger charge is -2.13. The molecule has 6 heteroatoms. The second-order valence-electron chi connectivity index (χ2n) is 4.14. The fourth-order valence-electron chi connectivity index (χ4n) is 1.56. The molecule has 0 saturated heterocycles. The third-order valence-corrected chi connectivity index (χ3v) is 5.80. The number of sulfonamides is 1. The first-order valence-electron chi connectivity index (χ1n) is 5.28. The number of halogens is 1. The third-order valence-electron chi connectivity index (χ3n) is 2.95. The summed E-state index contributed by atoms with van der Waals surface area (Å²) in [5.74, 6) is -0.714. The van der Waals surface area contributed by atoms with Crippen LogP contribution in [0, 0.1) is 5.82 Å². The quantitative estimate of drug-likeness (QED) is 0.894. The summed E-state index contributed by atoms with van der Waals surface area (Å²) in [5.41, 5.74) is 0. The van der Waals surface area contributed by atoms with Gasteiger partial charge in [0.25, 0.3) is 0 Å². The van der Waals surface area contributed by atoms with Crippen LogP contribution in [0.3, 0.4) is 0 Å². The maximum Gasteiger partial charge on any atom is 0.243 e. The molecule has 1 saturated carbocycles. The molecular weight excluding hydrogens is 261 g/mol. The van der Waals surface area contributed by atoms with Crippen molar-refractivity contribution in [2.45, 2.75) is 22.5 Å². The molecule has 0 bridgehead atoms. The van der Waals surface area contributed by atoms with Crippen LogP contribution in [-0.4, -0.2) is 26.0 Å². The van der Waals surface area contributed by atoms with Gasteiger partial charge in [-0.15, -0.1) is 0 Å². The van der Waals surface area contributed by atoms with Gasteiger partial charge >= 0.3 is 0 Å². The van der Waals surface area contributed by atoms with Crippen molar-refractivity contribution in [3.63, 3.8) is 0 Å². The Balaban J connectivity index is 2.12. The fraction of sp³-hybridized carbons (Fsp3) is 0.455. The molecule has 0 aliphatic heterocycles. The van der Waals surface area contributed by atoms with Gasteiger partial charge in [0.05, 0.1) is 0 Å². The Morgan fingerprint density at radius 1 is 1.41 bits per heavy atom. The summed E-state index contributed by atoms with van der Waals surface area (Å²) in [6, 6.07) is 5.41. The molecule has 1 N–H and O–H groups in total. The first-order chi connectivity index (χ1) is 7.99. The lowest BCUT2D eigenvalue weighted by atomic mass is 10.4. The summed E-state index contributed by atoms with van der Waals surface area (Å²) in [5, 5.41) is 0. The van der Waals surface area contributed by atoms with E-state index in [1.54, 1.807) is 11.8 Å². The predicted molar refractivity (Wildman–Crippen MR) is 67.1 cm³/mol. The minimum Gasteiger partial charge on any atom is -0.210 e. The highest BCUT2D eigenvalue weighted by Crippen LogP contribution is 2.46. The molecule has 1 aromatic rings. The molecule has 0 unspecified atom stereocenters. The maximum atomic E-state index is 13.4. The van der Waals surface area contributed by atoms with Crippen molar-refractivity contribution in [3.05, 3.63) is 30.1 Å². The average Bonchev–Trinajstić information content (AvgIpc) is 3.08. The van der Waals surface area contributed by atoms with Gasteiger partial charge in [-0.1, -0.05) is 12.1 Å². The lowest BCUT2D eigenvalue weighted by Crippen LogP contribution is -2.32. The summed E-state index contributed by atoms with van der Waals surface area (Å²) in [6.07, 6.45) is 3.98. The van der Waals surface area contributed by atoms with Gasteiger partial charge in [0, 0.05) is 11.3 Å². The van der Waals surface area contributed by atoms with Crippen LogP contribution >= 0.6 is 11.8 Å². The maximum absolute atomic E-state index is 13.4. The van der Waals surface area contributed by atoms with E-state index in [0.717, 1.165) is 18.9 Å². The van der Waals surface area contributed by atoms with Crippen LogP contribution in [0.15, 0.2) is 29.2 Å². The highest BCUT2D eigenvalue weighted by Gasteiger charge is 2.42. The van der Waals surface area contributed by atoms with Crippen molar-refractivity contribution in [2.24, 2.45) is 0 Å². The van der Waals surface area contributed by atoms with E-state index in [9.17, 15) is 12.8 Å². The van der Waals surface area contributed by atoms with Gasteiger partial charge in [-0.2, -0.15) is 11.8 Å². The van der Waals surface area contributed by atoms with Gasteiger partial charge in [-0.3, -0.25) is 0 Å². The topological polar surface area (TPSA) is 46.2 Å². The molecule has 3 nitrogen and oxygen atoms in total. The molecule has 1 aliphatic rings. The largest absolute Gasteiger partial charge is 0.243 e. The Kier molecular flexibility index (Phi) is 3.47. The lowest BCUT2D eigenvalue weighted by molar-refractivity contribution is 0.556. The van der Waals surface area contributed by atoms with Crippen LogP contribution in [0.5, 0.6) is 0 Å². The molecule has 94 valence electrons. The SMILES string of the molecule is CSC1(CNS(=O)(=O)c2ccccc2F)CC1. The van der Waals surface area contributed by atoms with Crippen molar-refractivity contribution in [1.82, 2.24) is 4.72 Å². The van der Waals surface area contributed by atoms with Crippen molar-refractivity contribution in [2.75, 3.05) is 12.8 Å². The minimum atomic E-state index is -3.73. The zero-order valence-corrected chi connectivity index (χ0v) is 11.1. The van der Waals surface area contributed by atoms with Gasteiger partial charge in [0.2, 0.25) is 10.0 Å². The standard InChI is InChI=1S/C11H14FNO2S2/c1-16-11(6-7-11)8-13-17(14,15)10-5-3-2-4-9(10)12/h2-5,13H,6-8H2,1H3. The fourth-order valence-corrected chi connectivity index (χ4v) is 3.58. The molecule has 17 heavy (non-hydrogen) atoms. The molecule has 0 heterocycles. The average molecular weight is 275 g/mol. The summed E-state index contributed by atoms with van der Waals surface area (Å²) in [6.45, 7) is 0.366. The number of thioether (sulfide) groups is 1. The Bertz CT molecular complexity index is 512. The summed E-state index contributed by atoms with van der Waals surface area (Å²) < 4.78 is 39.7. The van der Waals surface area contributed by atoms with Gasteiger partial charge < -0.3 is 0 Å². The van der Waals surface area contributed by atoms with Crippen LogP contribution in [0.4, 0.5) is 4.39 Å².